The first-order chi connectivity index (χ1) is 20.7. The van der Waals surface area contributed by atoms with Gasteiger partial charge >= 0.3 is 0 Å². The number of fused-ring (bicyclic) bond motifs is 1. The standard InChI is InChI=1S/C32H42N10O/c1-22-28(23(2)42-32(35-22)36-24(3)37-42)16-26-10-11-41(20-26)30-18-33-29(17-34-30)27-8-6-25(7-9-27)19-39-12-14-40(15-13-39)21-31(43)38(4)5/h6-9,17-18,26H,10-16,19-21H2,1-5H3. The summed E-state index contributed by atoms with van der Waals surface area (Å²) in [5, 5.41) is 4.53. The normalized spacial score (nSPS) is 18.1. The summed E-state index contributed by atoms with van der Waals surface area (Å²) in [7, 11) is 3.63. The number of carbonyl (C=O) groups is 1. The summed E-state index contributed by atoms with van der Waals surface area (Å²) in [5.74, 6) is 3.05. The number of benzene rings is 1. The van der Waals surface area contributed by atoms with E-state index in [2.05, 4.69) is 62.9 Å². The van der Waals surface area contributed by atoms with Crippen LogP contribution in [0.4, 0.5) is 5.82 Å². The van der Waals surface area contributed by atoms with Gasteiger partial charge in [-0.25, -0.2) is 14.5 Å². The third kappa shape index (κ3) is 6.52. The first-order valence-corrected chi connectivity index (χ1v) is 15.2. The Kier molecular flexibility index (Phi) is 8.36. The fourth-order valence-electron chi connectivity index (χ4n) is 6.21. The number of aryl methyl sites for hydroxylation is 3. The minimum atomic E-state index is 0.167. The first kappa shape index (κ1) is 29.1. The molecule has 1 unspecified atom stereocenters. The molecule has 2 aliphatic rings. The minimum Gasteiger partial charge on any atom is -0.355 e. The molecule has 0 radical (unpaired) electrons. The third-order valence-corrected chi connectivity index (χ3v) is 8.87. The van der Waals surface area contributed by atoms with Gasteiger partial charge in [0, 0.05) is 76.9 Å². The Morgan fingerprint density at radius 3 is 2.37 bits per heavy atom. The van der Waals surface area contributed by atoms with Crippen molar-refractivity contribution in [2.24, 2.45) is 5.92 Å². The summed E-state index contributed by atoms with van der Waals surface area (Å²) in [6, 6.07) is 8.66. The molecule has 43 heavy (non-hydrogen) atoms. The van der Waals surface area contributed by atoms with Crippen molar-refractivity contribution in [3.8, 4) is 11.3 Å². The number of nitrogens with zero attached hydrogens (tertiary/aromatic N) is 10. The predicted octanol–water partition coefficient (Wildman–Crippen LogP) is 2.78. The average molecular weight is 583 g/mol. The zero-order chi connectivity index (χ0) is 30.1. The molecule has 226 valence electrons. The number of likely N-dealkylation sites (N-methyl/N-ethyl adjacent to an activating group) is 1. The van der Waals surface area contributed by atoms with E-state index in [4.69, 9.17) is 15.0 Å². The zero-order valence-corrected chi connectivity index (χ0v) is 26.0. The maximum Gasteiger partial charge on any atom is 0.252 e. The summed E-state index contributed by atoms with van der Waals surface area (Å²) in [6.07, 6.45) is 5.89. The summed E-state index contributed by atoms with van der Waals surface area (Å²) in [4.78, 5) is 39.4. The smallest absolute Gasteiger partial charge is 0.252 e. The molecule has 1 atom stereocenters. The molecular formula is C32H42N10O. The number of hydrogen-bond acceptors (Lipinski definition) is 9. The molecular weight excluding hydrogens is 540 g/mol. The van der Waals surface area contributed by atoms with E-state index in [9.17, 15) is 4.79 Å². The zero-order valence-electron chi connectivity index (χ0n) is 26.0. The largest absolute Gasteiger partial charge is 0.355 e. The van der Waals surface area contributed by atoms with Crippen molar-refractivity contribution in [1.29, 1.82) is 0 Å². The van der Waals surface area contributed by atoms with E-state index in [-0.39, 0.29) is 5.91 Å². The molecule has 6 rings (SSSR count). The number of rotatable bonds is 8. The molecule has 0 aliphatic carbocycles. The summed E-state index contributed by atoms with van der Waals surface area (Å²) >= 11 is 0. The summed E-state index contributed by atoms with van der Waals surface area (Å²) in [6.45, 7) is 13.2. The van der Waals surface area contributed by atoms with Crippen molar-refractivity contribution in [3.05, 3.63) is 65.0 Å². The fraction of sp³-hybridized carbons (Fsp3) is 0.500. The molecule has 5 heterocycles. The SMILES string of the molecule is Cc1nc2nc(C)c(CC3CCN(c4cnc(-c5ccc(CN6CCN(CC(=O)N(C)C)CC6)cc5)cn4)C3)c(C)n2n1. The van der Waals surface area contributed by atoms with E-state index in [0.29, 0.717) is 18.2 Å². The highest BCUT2D eigenvalue weighted by molar-refractivity contribution is 5.77. The number of piperazine rings is 1. The van der Waals surface area contributed by atoms with Crippen LogP contribution in [0.1, 0.15) is 34.8 Å². The van der Waals surface area contributed by atoms with Gasteiger partial charge in [-0.15, -0.1) is 0 Å². The van der Waals surface area contributed by atoms with Crippen molar-refractivity contribution in [2.45, 2.75) is 40.2 Å². The maximum absolute atomic E-state index is 12.0. The Morgan fingerprint density at radius 1 is 0.930 bits per heavy atom. The van der Waals surface area contributed by atoms with Crippen LogP contribution in [0.3, 0.4) is 0 Å². The molecule has 4 aromatic rings. The molecule has 0 bridgehead atoms. The van der Waals surface area contributed by atoms with Gasteiger partial charge in [-0.1, -0.05) is 24.3 Å². The molecule has 0 spiro atoms. The van der Waals surface area contributed by atoms with Gasteiger partial charge in [-0.3, -0.25) is 19.6 Å². The van der Waals surface area contributed by atoms with E-state index in [1.165, 1.54) is 11.1 Å². The number of anilines is 1. The Bertz CT molecular complexity index is 1570. The van der Waals surface area contributed by atoms with Crippen molar-refractivity contribution in [1.82, 2.24) is 44.2 Å². The predicted molar refractivity (Wildman–Crippen MR) is 167 cm³/mol. The highest BCUT2D eigenvalue weighted by atomic mass is 16.2. The van der Waals surface area contributed by atoms with Gasteiger partial charge in [0.25, 0.3) is 5.78 Å². The van der Waals surface area contributed by atoms with Crippen molar-refractivity contribution >= 4 is 17.5 Å². The second-order valence-corrected chi connectivity index (χ2v) is 12.2. The highest BCUT2D eigenvalue weighted by Gasteiger charge is 2.26. The quantitative estimate of drug-likeness (QED) is 0.311. The van der Waals surface area contributed by atoms with Crippen LogP contribution in [0.5, 0.6) is 0 Å². The molecule has 1 aromatic carbocycles. The maximum atomic E-state index is 12.0. The summed E-state index contributed by atoms with van der Waals surface area (Å²) in [5.41, 5.74) is 6.70. The van der Waals surface area contributed by atoms with E-state index < -0.39 is 0 Å². The van der Waals surface area contributed by atoms with Crippen LogP contribution in [0.25, 0.3) is 17.0 Å². The lowest BCUT2D eigenvalue weighted by Gasteiger charge is -2.34. The van der Waals surface area contributed by atoms with Gasteiger partial charge in [0.05, 0.1) is 24.6 Å². The van der Waals surface area contributed by atoms with Crippen LogP contribution in [0.15, 0.2) is 36.7 Å². The van der Waals surface area contributed by atoms with Gasteiger partial charge < -0.3 is 9.80 Å². The number of aromatic nitrogens is 6. The van der Waals surface area contributed by atoms with E-state index in [1.54, 1.807) is 4.90 Å². The first-order valence-electron chi connectivity index (χ1n) is 15.2. The lowest BCUT2D eigenvalue weighted by atomic mass is 9.96. The summed E-state index contributed by atoms with van der Waals surface area (Å²) < 4.78 is 1.87. The van der Waals surface area contributed by atoms with Gasteiger partial charge in [0.15, 0.2) is 0 Å². The number of hydrogen-bond donors (Lipinski definition) is 0. The molecule has 3 aromatic heterocycles. The lowest BCUT2D eigenvalue weighted by Crippen LogP contribution is -2.48. The molecule has 2 fully saturated rings. The van der Waals surface area contributed by atoms with E-state index in [1.807, 2.05) is 37.9 Å². The van der Waals surface area contributed by atoms with Crippen LogP contribution >= 0.6 is 0 Å². The van der Waals surface area contributed by atoms with E-state index >= 15 is 0 Å². The van der Waals surface area contributed by atoms with Crippen LogP contribution in [0.2, 0.25) is 0 Å². The van der Waals surface area contributed by atoms with Crippen LogP contribution in [-0.4, -0.2) is 110 Å². The van der Waals surface area contributed by atoms with E-state index in [0.717, 1.165) is 92.9 Å². The number of amides is 1. The van der Waals surface area contributed by atoms with Crippen LogP contribution < -0.4 is 4.90 Å². The third-order valence-electron chi connectivity index (χ3n) is 8.87. The minimum absolute atomic E-state index is 0.167. The molecule has 0 N–H and O–H groups in total. The van der Waals surface area contributed by atoms with Gasteiger partial charge in [0.1, 0.15) is 11.6 Å². The molecule has 1 amide bonds. The Balaban J connectivity index is 1.02. The van der Waals surface area contributed by atoms with Crippen LogP contribution in [0, 0.1) is 26.7 Å². The molecule has 2 saturated heterocycles. The Hall–Kier alpha value is -3.96. The van der Waals surface area contributed by atoms with Crippen molar-refractivity contribution in [2.75, 3.05) is 64.8 Å². The average Bonchev–Trinajstić information content (AvgIpc) is 3.63. The van der Waals surface area contributed by atoms with Crippen molar-refractivity contribution in [3.63, 3.8) is 0 Å². The monoisotopic (exact) mass is 582 g/mol. The fourth-order valence-corrected chi connectivity index (χ4v) is 6.21. The van der Waals surface area contributed by atoms with Gasteiger partial charge in [-0.05, 0) is 50.7 Å². The van der Waals surface area contributed by atoms with Gasteiger partial charge in [-0.2, -0.15) is 10.1 Å². The highest BCUT2D eigenvalue weighted by Crippen LogP contribution is 2.28. The lowest BCUT2D eigenvalue weighted by molar-refractivity contribution is -0.130. The molecule has 2 aliphatic heterocycles. The molecule has 0 saturated carbocycles. The van der Waals surface area contributed by atoms with Crippen molar-refractivity contribution < 1.29 is 4.79 Å². The second-order valence-electron chi connectivity index (χ2n) is 12.2. The van der Waals surface area contributed by atoms with Gasteiger partial charge in [0.2, 0.25) is 5.91 Å². The Labute approximate surface area is 253 Å². The molecule has 11 nitrogen and oxygen atoms in total. The molecule has 11 heteroatoms. The number of carbonyl (C=O) groups excluding carboxylic acids is 1. The second kappa shape index (κ2) is 12.3. The van der Waals surface area contributed by atoms with Crippen LogP contribution in [-0.2, 0) is 17.8 Å². The Morgan fingerprint density at radius 2 is 1.67 bits per heavy atom. The topological polar surface area (TPSA) is 98.9 Å².